The highest BCUT2D eigenvalue weighted by Crippen LogP contribution is 2.41. The number of rotatable bonds is 4. The highest BCUT2D eigenvalue weighted by molar-refractivity contribution is 7.60. The second kappa shape index (κ2) is 5.77. The molecule has 0 spiro atoms. The summed E-state index contributed by atoms with van der Waals surface area (Å²) in [4.78, 5) is 23.9. The van der Waals surface area contributed by atoms with Crippen LogP contribution in [0.4, 0.5) is 5.13 Å². The van der Waals surface area contributed by atoms with Crippen molar-refractivity contribution in [3.05, 3.63) is 23.1 Å². The van der Waals surface area contributed by atoms with E-state index in [1.54, 1.807) is 0 Å². The molecule has 8 heteroatoms. The van der Waals surface area contributed by atoms with Crippen molar-refractivity contribution in [2.24, 2.45) is 0 Å². The van der Waals surface area contributed by atoms with Gasteiger partial charge in [0.15, 0.2) is 5.13 Å². The Labute approximate surface area is 126 Å². The van der Waals surface area contributed by atoms with Gasteiger partial charge in [0.2, 0.25) is 0 Å². The standard InChI is InChI=1S/C13H17N2O4PS/c1-7(2)12-11(15-13(14)21-12)9-6-8(20(16,17)18)4-5-10(9)19-3/h4-7H,1-3H3,(H2,14,15)(H2,16,17,18). The second-order valence-electron chi connectivity index (χ2n) is 4.85. The summed E-state index contributed by atoms with van der Waals surface area (Å²) < 4.78 is 16.7. The summed E-state index contributed by atoms with van der Waals surface area (Å²) in [5.41, 5.74) is 6.93. The zero-order valence-corrected chi connectivity index (χ0v) is 13.6. The Balaban J connectivity index is 2.70. The predicted molar refractivity (Wildman–Crippen MR) is 84.3 cm³/mol. The van der Waals surface area contributed by atoms with E-state index in [0.717, 1.165) is 4.88 Å². The van der Waals surface area contributed by atoms with Gasteiger partial charge in [0, 0.05) is 10.4 Å². The minimum absolute atomic E-state index is 0.0698. The molecule has 0 radical (unpaired) electrons. The summed E-state index contributed by atoms with van der Waals surface area (Å²) in [6.07, 6.45) is 0. The summed E-state index contributed by atoms with van der Waals surface area (Å²) >= 11 is 1.37. The van der Waals surface area contributed by atoms with E-state index in [2.05, 4.69) is 4.98 Å². The summed E-state index contributed by atoms with van der Waals surface area (Å²) in [5, 5.41) is 0.344. The maximum Gasteiger partial charge on any atom is 0.356 e. The number of methoxy groups -OCH3 is 1. The summed E-state index contributed by atoms with van der Waals surface area (Å²) in [6.45, 7) is 4.02. The molecule has 2 rings (SSSR count). The first kappa shape index (κ1) is 16.0. The van der Waals surface area contributed by atoms with Gasteiger partial charge in [-0.2, -0.15) is 0 Å². The molecule has 0 fully saturated rings. The van der Waals surface area contributed by atoms with Crippen molar-refractivity contribution in [1.29, 1.82) is 0 Å². The first-order valence-corrected chi connectivity index (χ1v) is 8.67. The second-order valence-corrected chi connectivity index (χ2v) is 7.51. The van der Waals surface area contributed by atoms with E-state index in [1.165, 1.54) is 36.6 Å². The molecule has 1 aromatic carbocycles. The minimum Gasteiger partial charge on any atom is -0.496 e. The zero-order chi connectivity index (χ0) is 15.8. The lowest BCUT2D eigenvalue weighted by molar-refractivity contribution is 0.387. The fourth-order valence-corrected chi connectivity index (χ4v) is 3.41. The predicted octanol–water partition coefficient (Wildman–Crippen LogP) is 2.33. The van der Waals surface area contributed by atoms with Crippen molar-refractivity contribution in [2.45, 2.75) is 19.8 Å². The number of benzene rings is 1. The fraction of sp³-hybridized carbons (Fsp3) is 0.308. The van der Waals surface area contributed by atoms with Gasteiger partial charge in [0.25, 0.3) is 0 Å². The van der Waals surface area contributed by atoms with Crippen LogP contribution in [0.15, 0.2) is 18.2 Å². The van der Waals surface area contributed by atoms with Crippen molar-refractivity contribution in [2.75, 3.05) is 12.8 Å². The summed E-state index contributed by atoms with van der Waals surface area (Å²) in [7, 11) is -2.84. The smallest absolute Gasteiger partial charge is 0.356 e. The lowest BCUT2D eigenvalue weighted by atomic mass is 10.0. The third kappa shape index (κ3) is 3.27. The van der Waals surface area contributed by atoms with E-state index in [0.29, 0.717) is 22.1 Å². The highest BCUT2D eigenvalue weighted by Gasteiger charge is 2.23. The molecule has 2 aromatic rings. The molecule has 114 valence electrons. The maximum absolute atomic E-state index is 11.5. The number of aromatic nitrogens is 1. The molecule has 0 saturated carbocycles. The first-order chi connectivity index (χ1) is 9.74. The molecular formula is C13H17N2O4PS. The van der Waals surface area contributed by atoms with Gasteiger partial charge in [-0.15, -0.1) is 11.3 Å². The largest absolute Gasteiger partial charge is 0.496 e. The lowest BCUT2D eigenvalue weighted by Gasteiger charge is -2.12. The molecule has 0 saturated heterocycles. The molecule has 1 heterocycles. The molecule has 0 atom stereocenters. The quantitative estimate of drug-likeness (QED) is 0.744. The molecule has 6 nitrogen and oxygen atoms in total. The van der Waals surface area contributed by atoms with E-state index in [-0.39, 0.29) is 11.2 Å². The van der Waals surface area contributed by atoms with Gasteiger partial charge in [-0.05, 0) is 24.1 Å². The van der Waals surface area contributed by atoms with E-state index in [4.69, 9.17) is 10.5 Å². The third-order valence-electron chi connectivity index (χ3n) is 2.97. The Hall–Kier alpha value is -1.40. The van der Waals surface area contributed by atoms with Gasteiger partial charge in [-0.3, -0.25) is 4.57 Å². The van der Waals surface area contributed by atoms with Crippen LogP contribution in [0.25, 0.3) is 11.3 Å². The number of nitrogens with two attached hydrogens (primary N) is 1. The van der Waals surface area contributed by atoms with Gasteiger partial charge in [0.05, 0.1) is 18.1 Å². The van der Waals surface area contributed by atoms with Gasteiger partial charge in [-0.1, -0.05) is 13.8 Å². The van der Waals surface area contributed by atoms with Crippen LogP contribution in [0.2, 0.25) is 0 Å². The van der Waals surface area contributed by atoms with Crippen LogP contribution in [0.1, 0.15) is 24.6 Å². The Bertz CT molecular complexity index is 708. The zero-order valence-electron chi connectivity index (χ0n) is 11.9. The van der Waals surface area contributed by atoms with Crippen molar-refractivity contribution in [3.8, 4) is 17.0 Å². The maximum atomic E-state index is 11.5. The molecule has 1 aromatic heterocycles. The van der Waals surface area contributed by atoms with E-state index in [1.807, 2.05) is 13.8 Å². The summed E-state index contributed by atoms with van der Waals surface area (Å²) in [5.74, 6) is 0.692. The van der Waals surface area contributed by atoms with Crippen molar-refractivity contribution in [3.63, 3.8) is 0 Å². The monoisotopic (exact) mass is 328 g/mol. The molecule has 4 N–H and O–H groups in total. The van der Waals surface area contributed by atoms with Crippen LogP contribution in [-0.4, -0.2) is 21.9 Å². The Kier molecular flexibility index (Phi) is 4.39. The number of thiazole rings is 1. The average Bonchev–Trinajstić information content (AvgIpc) is 2.79. The molecule has 21 heavy (non-hydrogen) atoms. The van der Waals surface area contributed by atoms with Crippen molar-refractivity contribution in [1.82, 2.24) is 4.98 Å². The van der Waals surface area contributed by atoms with Crippen LogP contribution in [0.5, 0.6) is 5.75 Å². The molecule has 0 amide bonds. The number of anilines is 1. The molecule has 0 unspecified atom stereocenters. The molecule has 0 bridgehead atoms. The molecule has 0 aliphatic heterocycles. The van der Waals surface area contributed by atoms with Gasteiger partial charge >= 0.3 is 7.60 Å². The van der Waals surface area contributed by atoms with Crippen LogP contribution in [0, 0.1) is 0 Å². The van der Waals surface area contributed by atoms with E-state index in [9.17, 15) is 14.4 Å². The number of nitrogens with zero attached hydrogens (tertiary/aromatic N) is 1. The van der Waals surface area contributed by atoms with Gasteiger partial charge in [0.1, 0.15) is 5.75 Å². The number of ether oxygens (including phenoxy) is 1. The number of nitrogen functional groups attached to an aromatic ring is 1. The van der Waals surface area contributed by atoms with Gasteiger partial charge < -0.3 is 20.3 Å². The van der Waals surface area contributed by atoms with Crippen LogP contribution >= 0.6 is 18.9 Å². The summed E-state index contributed by atoms with van der Waals surface area (Å²) in [6, 6.07) is 4.30. The van der Waals surface area contributed by atoms with Crippen LogP contribution in [-0.2, 0) is 4.57 Å². The topological polar surface area (TPSA) is 106 Å². The molecule has 0 aliphatic rings. The SMILES string of the molecule is COc1ccc(P(=O)(O)O)cc1-c1nc(N)sc1C(C)C. The lowest BCUT2D eigenvalue weighted by Crippen LogP contribution is -2.05. The van der Waals surface area contributed by atoms with E-state index >= 15 is 0 Å². The first-order valence-electron chi connectivity index (χ1n) is 6.24. The Morgan fingerprint density at radius 3 is 2.57 bits per heavy atom. The molecular weight excluding hydrogens is 311 g/mol. The minimum atomic E-state index is -4.34. The van der Waals surface area contributed by atoms with E-state index < -0.39 is 7.60 Å². The van der Waals surface area contributed by atoms with Crippen molar-refractivity contribution >= 4 is 29.4 Å². The Morgan fingerprint density at radius 1 is 1.38 bits per heavy atom. The Morgan fingerprint density at radius 2 is 2.05 bits per heavy atom. The van der Waals surface area contributed by atoms with Crippen LogP contribution in [0.3, 0.4) is 0 Å². The highest BCUT2D eigenvalue weighted by atomic mass is 32.1. The number of hydrogen-bond acceptors (Lipinski definition) is 5. The average molecular weight is 328 g/mol. The van der Waals surface area contributed by atoms with Crippen molar-refractivity contribution < 1.29 is 19.1 Å². The third-order valence-corrected chi connectivity index (χ3v) is 5.10. The normalized spacial score (nSPS) is 11.9. The van der Waals surface area contributed by atoms with Crippen LogP contribution < -0.4 is 15.8 Å². The molecule has 0 aliphatic carbocycles. The fourth-order valence-electron chi connectivity index (χ4n) is 2.00. The van der Waals surface area contributed by atoms with Gasteiger partial charge in [-0.25, -0.2) is 4.98 Å². The number of hydrogen-bond donors (Lipinski definition) is 3.